The number of ether oxygens (including phenoxy) is 1. The van der Waals surface area contributed by atoms with Crippen molar-refractivity contribution in [2.24, 2.45) is 0 Å². The van der Waals surface area contributed by atoms with Crippen LogP contribution in [0.25, 0.3) is 6.08 Å². The molecule has 4 heteroatoms. The largest absolute Gasteiger partial charge is 0.487 e. The Morgan fingerprint density at radius 3 is 2.57 bits per heavy atom. The van der Waals surface area contributed by atoms with Gasteiger partial charge in [-0.05, 0) is 23.8 Å². The number of carbonyl (C=O) groups is 1. The van der Waals surface area contributed by atoms with E-state index >= 15 is 0 Å². The maximum Gasteiger partial charge on any atom is 0.319 e. The molecule has 0 saturated heterocycles. The molecule has 2 aromatic carbocycles. The third kappa shape index (κ3) is 4.69. The van der Waals surface area contributed by atoms with Crippen LogP contribution in [0.5, 0.6) is 5.75 Å². The summed E-state index contributed by atoms with van der Waals surface area (Å²) < 4.78 is 5.67. The zero-order valence-corrected chi connectivity index (χ0v) is 11.9. The molecule has 2 rings (SSSR count). The average Bonchev–Trinajstić information content (AvgIpc) is 2.54. The summed E-state index contributed by atoms with van der Waals surface area (Å²) in [5.41, 5.74) is 1.77. The second kappa shape index (κ2) is 7.75. The number of rotatable bonds is 5. The van der Waals surface area contributed by atoms with Crippen molar-refractivity contribution in [2.75, 3.05) is 19.0 Å². The molecule has 0 saturated carbocycles. The molecule has 0 aliphatic carbocycles. The summed E-state index contributed by atoms with van der Waals surface area (Å²) in [7, 11) is 1.57. The highest BCUT2D eigenvalue weighted by Gasteiger charge is 2.04. The molecule has 0 fully saturated rings. The first-order valence-corrected chi connectivity index (χ1v) is 6.72. The van der Waals surface area contributed by atoms with E-state index < -0.39 is 0 Å². The number of benzene rings is 2. The van der Waals surface area contributed by atoms with Gasteiger partial charge < -0.3 is 15.4 Å². The molecular formula is C17H18N2O2. The summed E-state index contributed by atoms with van der Waals surface area (Å²) in [6.45, 7) is 0.432. The van der Waals surface area contributed by atoms with Gasteiger partial charge in [0.1, 0.15) is 12.4 Å². The molecule has 0 aromatic heterocycles. The predicted molar refractivity (Wildman–Crippen MR) is 85.5 cm³/mol. The van der Waals surface area contributed by atoms with Crippen LogP contribution in [-0.4, -0.2) is 19.7 Å². The van der Waals surface area contributed by atoms with Crippen LogP contribution < -0.4 is 15.4 Å². The average molecular weight is 282 g/mol. The van der Waals surface area contributed by atoms with E-state index in [1.54, 1.807) is 13.1 Å². The minimum absolute atomic E-state index is 0.272. The van der Waals surface area contributed by atoms with Crippen molar-refractivity contribution in [3.8, 4) is 5.75 Å². The van der Waals surface area contributed by atoms with E-state index in [-0.39, 0.29) is 6.03 Å². The Morgan fingerprint density at radius 1 is 1.10 bits per heavy atom. The molecule has 0 aliphatic rings. The van der Waals surface area contributed by atoms with E-state index in [0.717, 1.165) is 5.56 Å². The van der Waals surface area contributed by atoms with Crippen molar-refractivity contribution in [3.05, 3.63) is 66.2 Å². The molecule has 108 valence electrons. The third-order valence-electron chi connectivity index (χ3n) is 2.81. The standard InChI is InChI=1S/C17H18N2O2/c1-18-17(20)19-15-11-5-6-12-16(15)21-13-7-10-14-8-3-2-4-9-14/h2-12H,13H2,1H3,(H2,18,19,20)/b10-7+. The number of hydrogen-bond acceptors (Lipinski definition) is 2. The van der Waals surface area contributed by atoms with Gasteiger partial charge in [-0.25, -0.2) is 4.79 Å². The number of urea groups is 1. The summed E-state index contributed by atoms with van der Waals surface area (Å²) in [5, 5.41) is 5.23. The van der Waals surface area contributed by atoms with Crippen molar-refractivity contribution in [3.63, 3.8) is 0 Å². The lowest BCUT2D eigenvalue weighted by molar-refractivity contribution is 0.253. The lowest BCUT2D eigenvalue weighted by Crippen LogP contribution is -2.24. The third-order valence-corrected chi connectivity index (χ3v) is 2.81. The topological polar surface area (TPSA) is 50.4 Å². The first kappa shape index (κ1) is 14.7. The molecule has 0 radical (unpaired) electrons. The van der Waals surface area contributed by atoms with E-state index in [4.69, 9.17) is 4.74 Å². The fourth-order valence-electron chi connectivity index (χ4n) is 1.77. The van der Waals surface area contributed by atoms with Gasteiger partial charge in [0, 0.05) is 7.05 Å². The van der Waals surface area contributed by atoms with E-state index in [1.807, 2.05) is 60.7 Å². The van der Waals surface area contributed by atoms with Gasteiger partial charge in [0.15, 0.2) is 0 Å². The Balaban J connectivity index is 1.94. The fourth-order valence-corrected chi connectivity index (χ4v) is 1.77. The molecule has 0 bridgehead atoms. The first-order chi connectivity index (χ1) is 10.3. The monoisotopic (exact) mass is 282 g/mol. The number of nitrogens with one attached hydrogen (secondary N) is 2. The molecule has 2 aromatic rings. The van der Waals surface area contributed by atoms with Crippen molar-refractivity contribution in [1.29, 1.82) is 0 Å². The van der Waals surface area contributed by atoms with Crippen LogP contribution in [0.1, 0.15) is 5.56 Å². The Hall–Kier alpha value is -2.75. The van der Waals surface area contributed by atoms with E-state index in [0.29, 0.717) is 18.0 Å². The van der Waals surface area contributed by atoms with Crippen LogP contribution in [0.15, 0.2) is 60.7 Å². The van der Waals surface area contributed by atoms with Crippen molar-refractivity contribution >= 4 is 17.8 Å². The lowest BCUT2D eigenvalue weighted by atomic mass is 10.2. The SMILES string of the molecule is CNC(=O)Nc1ccccc1OC/C=C/c1ccccc1. The number of para-hydroxylation sites is 2. The Morgan fingerprint density at radius 2 is 1.81 bits per heavy atom. The van der Waals surface area contributed by atoms with Crippen LogP contribution >= 0.6 is 0 Å². The lowest BCUT2D eigenvalue weighted by Gasteiger charge is -2.10. The molecule has 0 aliphatic heterocycles. The van der Waals surface area contributed by atoms with Gasteiger partial charge in [-0.1, -0.05) is 48.5 Å². The van der Waals surface area contributed by atoms with Crippen molar-refractivity contribution in [1.82, 2.24) is 5.32 Å². The first-order valence-electron chi connectivity index (χ1n) is 6.72. The number of hydrogen-bond donors (Lipinski definition) is 2. The minimum atomic E-state index is -0.272. The molecule has 21 heavy (non-hydrogen) atoms. The van der Waals surface area contributed by atoms with Crippen LogP contribution in [0, 0.1) is 0 Å². The van der Waals surface area contributed by atoms with E-state index in [9.17, 15) is 4.79 Å². The summed E-state index contributed by atoms with van der Waals surface area (Å²) in [4.78, 5) is 11.4. The molecule has 0 atom stereocenters. The van der Waals surface area contributed by atoms with Gasteiger partial charge in [-0.2, -0.15) is 0 Å². The number of carbonyl (C=O) groups excluding carboxylic acids is 1. The number of amides is 2. The summed E-state index contributed by atoms with van der Waals surface area (Å²) in [6, 6.07) is 17.1. The van der Waals surface area contributed by atoms with Crippen LogP contribution in [-0.2, 0) is 0 Å². The van der Waals surface area contributed by atoms with Gasteiger partial charge in [-0.15, -0.1) is 0 Å². The molecule has 2 amide bonds. The van der Waals surface area contributed by atoms with Gasteiger partial charge in [0.25, 0.3) is 0 Å². The van der Waals surface area contributed by atoms with Crippen molar-refractivity contribution in [2.45, 2.75) is 0 Å². The zero-order valence-electron chi connectivity index (χ0n) is 11.9. The maximum absolute atomic E-state index is 11.4. The highest BCUT2D eigenvalue weighted by molar-refractivity contribution is 5.90. The molecule has 2 N–H and O–H groups in total. The van der Waals surface area contributed by atoms with Crippen LogP contribution in [0.2, 0.25) is 0 Å². The van der Waals surface area contributed by atoms with E-state index in [1.165, 1.54) is 0 Å². The maximum atomic E-state index is 11.4. The van der Waals surface area contributed by atoms with Gasteiger partial charge >= 0.3 is 6.03 Å². The minimum Gasteiger partial charge on any atom is -0.487 e. The summed E-state index contributed by atoms with van der Waals surface area (Å²) in [5.74, 6) is 0.638. The second-order valence-electron chi connectivity index (χ2n) is 4.32. The van der Waals surface area contributed by atoms with Crippen LogP contribution in [0.4, 0.5) is 10.5 Å². The molecule has 0 heterocycles. The smallest absolute Gasteiger partial charge is 0.319 e. The molecular weight excluding hydrogens is 264 g/mol. The molecule has 4 nitrogen and oxygen atoms in total. The van der Waals surface area contributed by atoms with Gasteiger partial charge in [0.05, 0.1) is 5.69 Å². The highest BCUT2D eigenvalue weighted by atomic mass is 16.5. The Bertz CT molecular complexity index is 609. The quantitative estimate of drug-likeness (QED) is 0.881. The van der Waals surface area contributed by atoms with Gasteiger partial charge in [0.2, 0.25) is 0 Å². The Kier molecular flexibility index (Phi) is 5.41. The molecule has 0 unspecified atom stereocenters. The predicted octanol–water partition coefficient (Wildman–Crippen LogP) is 3.53. The Labute approximate surface area is 124 Å². The normalized spacial score (nSPS) is 10.3. The zero-order chi connectivity index (χ0) is 14.9. The van der Waals surface area contributed by atoms with Crippen LogP contribution in [0.3, 0.4) is 0 Å². The van der Waals surface area contributed by atoms with E-state index in [2.05, 4.69) is 10.6 Å². The van der Waals surface area contributed by atoms with Gasteiger partial charge in [-0.3, -0.25) is 0 Å². The second-order valence-corrected chi connectivity index (χ2v) is 4.32. The fraction of sp³-hybridized carbons (Fsp3) is 0.118. The summed E-state index contributed by atoms with van der Waals surface area (Å²) in [6.07, 6.45) is 3.93. The van der Waals surface area contributed by atoms with Crippen molar-refractivity contribution < 1.29 is 9.53 Å². The molecule has 0 spiro atoms. The summed E-state index contributed by atoms with van der Waals surface area (Å²) >= 11 is 0. The highest BCUT2D eigenvalue weighted by Crippen LogP contribution is 2.23. The number of anilines is 1.